The van der Waals surface area contributed by atoms with E-state index in [2.05, 4.69) is 63.4 Å². The zero-order chi connectivity index (χ0) is 52.1. The van der Waals surface area contributed by atoms with Crippen LogP contribution in [0, 0.1) is 67.2 Å². The summed E-state index contributed by atoms with van der Waals surface area (Å²) in [5, 5.41) is 11.8. The van der Waals surface area contributed by atoms with E-state index in [1.807, 2.05) is 73.0 Å². The first kappa shape index (κ1) is 61.3. The molecule has 0 spiro atoms. The number of oxazole rings is 2. The summed E-state index contributed by atoms with van der Waals surface area (Å²) < 4.78 is 52.3. The highest BCUT2D eigenvalue weighted by atomic mass is 35.5. The summed E-state index contributed by atoms with van der Waals surface area (Å²) in [4.78, 5) is 48.4. The zero-order valence-corrected chi connectivity index (χ0v) is 44.0. The van der Waals surface area contributed by atoms with Gasteiger partial charge in [-0.15, -0.1) is 22.7 Å². The predicted octanol–water partition coefficient (Wildman–Crippen LogP) is 12.7. The van der Waals surface area contributed by atoms with Gasteiger partial charge < -0.3 is 28.2 Å². The maximum atomic E-state index is 11.7. The molecule has 1 aromatic carbocycles. The number of imidazole rings is 2. The summed E-state index contributed by atoms with van der Waals surface area (Å²) in [6.45, 7) is 24.0. The molecule has 0 bridgehead atoms. The minimum absolute atomic E-state index is 0.0196. The average Bonchev–Trinajstić information content (AvgIpc) is 4.19. The van der Waals surface area contributed by atoms with E-state index in [-0.39, 0.29) is 29.9 Å². The summed E-state index contributed by atoms with van der Waals surface area (Å²) >= 11 is 7.67. The normalized spacial score (nSPS) is 13.4. The number of ether oxygens (including phenoxy) is 1. The van der Waals surface area contributed by atoms with Gasteiger partial charge in [-0.2, -0.15) is 18.2 Å². The summed E-state index contributed by atoms with van der Waals surface area (Å²) in [5.41, 5.74) is 4.66. The van der Waals surface area contributed by atoms with Crippen molar-refractivity contribution >= 4 is 52.2 Å². The lowest BCUT2D eigenvalue weighted by molar-refractivity contribution is -0.137. The van der Waals surface area contributed by atoms with Crippen LogP contribution in [-0.4, -0.2) is 69.7 Å². The summed E-state index contributed by atoms with van der Waals surface area (Å²) in [6.07, 6.45) is 13.3. The first-order chi connectivity index (χ1) is 32.4. The van der Waals surface area contributed by atoms with Crippen LogP contribution in [0.1, 0.15) is 113 Å². The Kier molecular flexibility index (Phi) is 29.3. The van der Waals surface area contributed by atoms with E-state index in [9.17, 15) is 22.8 Å². The van der Waals surface area contributed by atoms with Gasteiger partial charge in [-0.05, 0) is 99.1 Å². The van der Waals surface area contributed by atoms with Crippen molar-refractivity contribution in [1.82, 2.24) is 39.5 Å². The molecule has 0 saturated heterocycles. The molecule has 6 heterocycles. The number of rotatable bonds is 4. The minimum atomic E-state index is -4.28. The molecular formula is C48H67ClF3N9O6S2. The fourth-order valence-corrected chi connectivity index (χ4v) is 6.58. The smallest absolute Gasteiger partial charge is 0.443 e. The van der Waals surface area contributed by atoms with Crippen LogP contribution in [0.4, 0.5) is 19.2 Å². The zero-order valence-electron chi connectivity index (χ0n) is 41.6. The van der Waals surface area contributed by atoms with Crippen molar-refractivity contribution in [2.45, 2.75) is 128 Å². The molecule has 0 aliphatic heterocycles. The standard InChI is InChI=1S/C9H10O2.C8H12N2O2.C7H14O.C6H10N2.C5H4F3NS.C5H8N2.C4H4ClNS.C4H5NO/c1-7-4-3-5-8(6-7)9(10)11-2;1-5(2)7(11)10-8-9-6(3)4-12-8;1-6-2-4-7(8)5-3-6;1-3-8-5-4-7-6(8)2;1-3-2-9-4(10-3)5(6,7)8;1-4-5(2)7-3-6-4;1-3-6-2-4(5)7-3;1-4-5-2-3-6-4/h3-6H,1-2H3;4-5H,1-3H3,(H,9,10,11);6-8H,2-5H2,1H3;4-5H,3H2,1-2H3;2H,1H3;3H,1-2H3,(H,6,7);2H,1H3;2-3H,1H3. The van der Waals surface area contributed by atoms with E-state index in [4.69, 9.17) is 25.5 Å². The molecule has 7 aromatic rings. The molecular weight excluding hydrogens is 955 g/mol. The van der Waals surface area contributed by atoms with E-state index >= 15 is 0 Å². The number of nitrogens with one attached hydrogen (secondary N) is 2. The number of methoxy groups -OCH3 is 1. The minimum Gasteiger partial charge on any atom is -0.465 e. The number of alkyl halides is 3. The van der Waals surface area contributed by atoms with Crippen LogP contribution >= 0.6 is 34.3 Å². The number of amides is 1. The van der Waals surface area contributed by atoms with Crippen molar-refractivity contribution < 1.29 is 41.4 Å². The Bertz CT molecular complexity index is 2400. The molecule has 15 nitrogen and oxygen atoms in total. The SMILES string of the molecule is CC1CCC(O)CC1.CCn1ccnc1C.COC(=O)c1cccc(C)c1.Cc1cnc(C(F)(F)F)s1.Cc1coc(NC(=O)C(C)C)n1.Cc1nc[nH]c1C.Cc1ncc(Cl)s1.Cc1ncco1. The van der Waals surface area contributed by atoms with Crippen molar-refractivity contribution in [3.63, 3.8) is 0 Å². The van der Waals surface area contributed by atoms with Crippen molar-refractivity contribution in [2.75, 3.05) is 12.4 Å². The Balaban J connectivity index is 0.000000398. The fraction of sp³-hybridized carbons (Fsp3) is 0.458. The number of halogens is 4. The highest BCUT2D eigenvalue weighted by molar-refractivity contribution is 7.15. The van der Waals surface area contributed by atoms with Crippen molar-refractivity contribution in [2.24, 2.45) is 11.8 Å². The van der Waals surface area contributed by atoms with Crippen LogP contribution in [-0.2, 0) is 22.3 Å². The highest BCUT2D eigenvalue weighted by Gasteiger charge is 2.34. The van der Waals surface area contributed by atoms with E-state index < -0.39 is 11.2 Å². The number of aliphatic hydroxyl groups is 1. The molecule has 380 valence electrons. The first-order valence-electron chi connectivity index (χ1n) is 21.9. The Morgan fingerprint density at radius 3 is 1.94 bits per heavy atom. The number of aromatic amines is 1. The van der Waals surface area contributed by atoms with Crippen LogP contribution in [0.5, 0.6) is 0 Å². The summed E-state index contributed by atoms with van der Waals surface area (Å²) in [7, 11) is 1.38. The van der Waals surface area contributed by atoms with Gasteiger partial charge in [-0.3, -0.25) is 10.1 Å². The fourth-order valence-electron chi connectivity index (χ4n) is 5.07. The van der Waals surface area contributed by atoms with Crippen molar-refractivity contribution in [3.8, 4) is 0 Å². The van der Waals surface area contributed by atoms with E-state index in [1.165, 1.54) is 43.7 Å². The molecule has 21 heteroatoms. The molecule has 1 aliphatic carbocycles. The number of aryl methyl sites for hydroxylation is 9. The second-order valence-corrected chi connectivity index (χ2v) is 18.7. The van der Waals surface area contributed by atoms with E-state index in [1.54, 1.807) is 57.9 Å². The Morgan fingerprint density at radius 2 is 1.64 bits per heavy atom. The van der Waals surface area contributed by atoms with Gasteiger partial charge in [-0.1, -0.05) is 50.1 Å². The summed E-state index contributed by atoms with van der Waals surface area (Å²) in [5.74, 6) is 2.24. The van der Waals surface area contributed by atoms with Gasteiger partial charge in [0.1, 0.15) is 22.7 Å². The third kappa shape index (κ3) is 27.8. The van der Waals surface area contributed by atoms with Crippen molar-refractivity contribution in [3.05, 3.63) is 133 Å². The number of benzene rings is 1. The lowest BCUT2D eigenvalue weighted by Gasteiger charge is -2.21. The number of aromatic nitrogens is 8. The molecule has 69 heavy (non-hydrogen) atoms. The van der Waals surface area contributed by atoms with Gasteiger partial charge in [0.15, 0.2) is 10.9 Å². The molecule has 1 fully saturated rings. The van der Waals surface area contributed by atoms with Gasteiger partial charge in [0.05, 0.1) is 53.9 Å². The van der Waals surface area contributed by atoms with Gasteiger partial charge in [0.2, 0.25) is 5.91 Å². The predicted molar refractivity (Wildman–Crippen MR) is 267 cm³/mol. The first-order valence-corrected chi connectivity index (χ1v) is 23.9. The maximum absolute atomic E-state index is 11.7. The highest BCUT2D eigenvalue weighted by Crippen LogP contribution is 2.32. The molecule has 0 radical (unpaired) electrons. The maximum Gasteiger partial charge on any atom is 0.443 e. The second-order valence-electron chi connectivity index (χ2n) is 15.6. The Morgan fingerprint density at radius 1 is 0.957 bits per heavy atom. The average molecular weight is 1020 g/mol. The largest absolute Gasteiger partial charge is 0.465 e. The topological polar surface area (TPSA) is 200 Å². The third-order valence-electron chi connectivity index (χ3n) is 9.16. The van der Waals surface area contributed by atoms with Crippen LogP contribution in [0.3, 0.4) is 0 Å². The number of H-pyrrole nitrogens is 1. The number of thiazole rings is 2. The number of hydrogen-bond donors (Lipinski definition) is 3. The molecule has 6 aromatic heterocycles. The van der Waals surface area contributed by atoms with E-state index in [0.29, 0.717) is 21.8 Å². The number of carbonyl (C=O) groups is 2. The second kappa shape index (κ2) is 32.9. The Hall–Kier alpha value is -5.70. The van der Waals surface area contributed by atoms with Crippen molar-refractivity contribution in [1.29, 1.82) is 0 Å². The van der Waals surface area contributed by atoms with E-state index in [0.717, 1.165) is 69.0 Å². The number of esters is 1. The lowest BCUT2D eigenvalue weighted by atomic mass is 9.89. The van der Waals surface area contributed by atoms with Gasteiger partial charge in [-0.25, -0.2) is 29.7 Å². The van der Waals surface area contributed by atoms with Gasteiger partial charge >= 0.3 is 18.2 Å². The molecule has 1 aliphatic rings. The Labute approximate surface area is 416 Å². The van der Waals surface area contributed by atoms with Gasteiger partial charge in [0.25, 0.3) is 0 Å². The van der Waals surface area contributed by atoms with Gasteiger partial charge in [0, 0.05) is 48.5 Å². The quantitative estimate of drug-likeness (QED) is 0.141. The van der Waals surface area contributed by atoms with Crippen LogP contribution in [0.2, 0.25) is 4.34 Å². The molecule has 0 unspecified atom stereocenters. The van der Waals surface area contributed by atoms with Crippen LogP contribution in [0.15, 0.2) is 82.9 Å². The molecule has 3 N–H and O–H groups in total. The number of hydrogen-bond acceptors (Lipinski definition) is 14. The molecule has 1 amide bonds. The lowest BCUT2D eigenvalue weighted by Crippen LogP contribution is -2.17. The molecule has 8 rings (SSSR count). The number of nitrogens with zero attached hydrogens (tertiary/aromatic N) is 7. The van der Waals surface area contributed by atoms with Crippen LogP contribution < -0.4 is 5.32 Å². The number of aliphatic hydroxyl groups excluding tert-OH is 1. The number of carbonyl (C=O) groups excluding carboxylic acids is 2. The third-order valence-corrected chi connectivity index (χ3v) is 11.1. The summed E-state index contributed by atoms with van der Waals surface area (Å²) in [6, 6.07) is 7.57. The molecule has 1 saturated carbocycles. The number of anilines is 1. The van der Waals surface area contributed by atoms with Crippen LogP contribution in [0.25, 0.3) is 0 Å². The monoisotopic (exact) mass is 1020 g/mol. The molecule has 0 atom stereocenters.